The van der Waals surface area contributed by atoms with Crippen molar-refractivity contribution < 1.29 is 4.74 Å². The fourth-order valence-electron chi connectivity index (χ4n) is 3.02. The predicted octanol–water partition coefficient (Wildman–Crippen LogP) is 0.943. The lowest BCUT2D eigenvalue weighted by atomic mass is 9.85. The van der Waals surface area contributed by atoms with Gasteiger partial charge in [0.05, 0.1) is 12.6 Å². The first-order valence-electron chi connectivity index (χ1n) is 7.52. The fraction of sp³-hybridized carbons (Fsp3) is 0.929. The summed E-state index contributed by atoms with van der Waals surface area (Å²) in [6.07, 6.45) is 6.46. The number of nitrogens with two attached hydrogens (primary N) is 1. The van der Waals surface area contributed by atoms with Crippen LogP contribution in [0.25, 0.3) is 0 Å². The molecule has 1 heterocycles. The van der Waals surface area contributed by atoms with E-state index in [4.69, 9.17) is 10.5 Å². The van der Waals surface area contributed by atoms with Crippen molar-refractivity contribution in [3.05, 3.63) is 0 Å². The summed E-state index contributed by atoms with van der Waals surface area (Å²) < 4.78 is 5.07. The van der Waals surface area contributed by atoms with E-state index in [1.54, 1.807) is 7.11 Å². The number of nitrogens with one attached hydrogen (secondary N) is 1. The van der Waals surface area contributed by atoms with Crippen molar-refractivity contribution in [3.8, 4) is 0 Å². The van der Waals surface area contributed by atoms with Crippen LogP contribution in [0.15, 0.2) is 4.99 Å². The van der Waals surface area contributed by atoms with Crippen molar-refractivity contribution in [1.29, 1.82) is 0 Å². The van der Waals surface area contributed by atoms with Crippen LogP contribution in [0.4, 0.5) is 0 Å². The van der Waals surface area contributed by atoms with Gasteiger partial charge in [0.15, 0.2) is 5.96 Å². The van der Waals surface area contributed by atoms with Crippen molar-refractivity contribution in [3.63, 3.8) is 0 Å². The topological polar surface area (TPSA) is 62.9 Å². The van der Waals surface area contributed by atoms with E-state index in [2.05, 4.69) is 15.2 Å². The molecule has 5 nitrogen and oxygen atoms in total. The van der Waals surface area contributed by atoms with Gasteiger partial charge in [-0.1, -0.05) is 6.42 Å². The van der Waals surface area contributed by atoms with Gasteiger partial charge in [0.2, 0.25) is 0 Å². The van der Waals surface area contributed by atoms with E-state index in [0.29, 0.717) is 18.6 Å². The third kappa shape index (κ3) is 4.35. The Bertz CT molecular complexity index is 296. The Balaban J connectivity index is 1.68. The molecule has 1 aliphatic carbocycles. The monoisotopic (exact) mass is 268 g/mol. The van der Waals surface area contributed by atoms with Crippen molar-refractivity contribution >= 4 is 5.96 Å². The van der Waals surface area contributed by atoms with E-state index in [9.17, 15) is 0 Å². The number of piperidine rings is 1. The number of hydrogen-bond donors (Lipinski definition) is 2. The second-order valence-corrected chi connectivity index (χ2v) is 5.89. The number of guanidine groups is 1. The lowest BCUT2D eigenvalue weighted by Gasteiger charge is -2.43. The lowest BCUT2D eigenvalue weighted by Crippen LogP contribution is -2.50. The second-order valence-electron chi connectivity index (χ2n) is 5.89. The Morgan fingerprint density at radius 1 is 1.37 bits per heavy atom. The van der Waals surface area contributed by atoms with E-state index in [-0.39, 0.29) is 6.04 Å². The van der Waals surface area contributed by atoms with Crippen LogP contribution in [-0.4, -0.2) is 55.8 Å². The molecular formula is C14H28N4O. The molecule has 110 valence electrons. The molecule has 1 atom stereocenters. The average molecular weight is 268 g/mol. The zero-order valence-electron chi connectivity index (χ0n) is 12.3. The minimum Gasteiger partial charge on any atom is -0.383 e. The van der Waals surface area contributed by atoms with Crippen molar-refractivity contribution in [1.82, 2.24) is 10.2 Å². The molecular weight excluding hydrogens is 240 g/mol. The van der Waals surface area contributed by atoms with E-state index in [0.717, 1.165) is 6.04 Å². The largest absolute Gasteiger partial charge is 0.383 e. The van der Waals surface area contributed by atoms with Crippen LogP contribution in [-0.2, 0) is 4.74 Å². The highest BCUT2D eigenvalue weighted by atomic mass is 16.5. The van der Waals surface area contributed by atoms with Crippen LogP contribution in [0, 0.1) is 0 Å². The summed E-state index contributed by atoms with van der Waals surface area (Å²) in [5.41, 5.74) is 5.91. The molecule has 0 radical (unpaired) electrons. The smallest absolute Gasteiger partial charge is 0.189 e. The van der Waals surface area contributed by atoms with Crippen LogP contribution >= 0.6 is 0 Å². The molecule has 1 saturated heterocycles. The van der Waals surface area contributed by atoms with Gasteiger partial charge in [-0.3, -0.25) is 4.99 Å². The molecule has 0 aromatic carbocycles. The summed E-state index contributed by atoms with van der Waals surface area (Å²) >= 11 is 0. The zero-order valence-corrected chi connectivity index (χ0v) is 12.3. The van der Waals surface area contributed by atoms with Gasteiger partial charge in [-0.25, -0.2) is 0 Å². The molecule has 5 heteroatoms. The highest BCUT2D eigenvalue weighted by molar-refractivity contribution is 5.78. The maximum atomic E-state index is 5.91. The van der Waals surface area contributed by atoms with Gasteiger partial charge >= 0.3 is 0 Å². The fourth-order valence-corrected chi connectivity index (χ4v) is 3.02. The van der Waals surface area contributed by atoms with Crippen molar-refractivity contribution in [2.75, 3.05) is 26.8 Å². The molecule has 2 rings (SSSR count). The van der Waals surface area contributed by atoms with Gasteiger partial charge in [0.25, 0.3) is 0 Å². The lowest BCUT2D eigenvalue weighted by molar-refractivity contribution is 0.0911. The van der Waals surface area contributed by atoms with Gasteiger partial charge in [0, 0.05) is 19.2 Å². The van der Waals surface area contributed by atoms with Crippen LogP contribution in [0.2, 0.25) is 0 Å². The second kappa shape index (κ2) is 7.10. The first kappa shape index (κ1) is 14.6. The first-order chi connectivity index (χ1) is 9.19. The standard InChI is InChI=1S/C14H28N4O/c1-11(10-19-2)16-14(15)17-12-8-13(9-12)18-6-4-3-5-7-18/h11-13H,3-10H2,1-2H3,(H3,15,16,17). The zero-order chi connectivity index (χ0) is 13.7. The Hall–Kier alpha value is -0.810. The third-order valence-corrected chi connectivity index (χ3v) is 4.13. The summed E-state index contributed by atoms with van der Waals surface area (Å²) in [4.78, 5) is 7.18. The molecule has 1 unspecified atom stereocenters. The number of ether oxygens (including phenoxy) is 1. The molecule has 0 aromatic rings. The highest BCUT2D eigenvalue weighted by Gasteiger charge is 2.33. The number of likely N-dealkylation sites (tertiary alicyclic amines) is 1. The summed E-state index contributed by atoms with van der Waals surface area (Å²) in [6, 6.07) is 1.37. The summed E-state index contributed by atoms with van der Waals surface area (Å²) in [6.45, 7) is 5.25. The minimum absolute atomic E-state index is 0.215. The highest BCUT2D eigenvalue weighted by Crippen LogP contribution is 2.30. The van der Waals surface area contributed by atoms with E-state index < -0.39 is 0 Å². The maximum Gasteiger partial charge on any atom is 0.189 e. The Kier molecular flexibility index (Phi) is 5.45. The van der Waals surface area contributed by atoms with Gasteiger partial charge < -0.3 is 20.7 Å². The Labute approximate surface area is 116 Å². The minimum atomic E-state index is 0.215. The van der Waals surface area contributed by atoms with Gasteiger partial charge in [0.1, 0.15) is 0 Å². The van der Waals surface area contributed by atoms with Gasteiger partial charge in [-0.15, -0.1) is 0 Å². The summed E-state index contributed by atoms with van der Waals surface area (Å²) in [5, 5.41) is 3.16. The molecule has 0 aromatic heterocycles. The van der Waals surface area contributed by atoms with Crippen molar-refractivity contribution in [2.45, 2.75) is 57.2 Å². The number of hydrogen-bond acceptors (Lipinski definition) is 3. The molecule has 3 N–H and O–H groups in total. The number of methoxy groups -OCH3 is 1. The third-order valence-electron chi connectivity index (χ3n) is 4.13. The van der Waals surface area contributed by atoms with Crippen LogP contribution in [0.5, 0.6) is 0 Å². The molecule has 1 aliphatic heterocycles. The quantitative estimate of drug-likeness (QED) is 0.575. The van der Waals surface area contributed by atoms with Crippen LogP contribution < -0.4 is 11.1 Å². The Morgan fingerprint density at radius 3 is 2.68 bits per heavy atom. The molecule has 2 fully saturated rings. The summed E-state index contributed by atoms with van der Waals surface area (Å²) in [7, 11) is 1.70. The molecule has 19 heavy (non-hydrogen) atoms. The van der Waals surface area contributed by atoms with E-state index in [1.807, 2.05) is 6.92 Å². The van der Waals surface area contributed by atoms with Crippen LogP contribution in [0.1, 0.15) is 39.0 Å². The normalized spacial score (nSPS) is 30.7. The van der Waals surface area contributed by atoms with Crippen LogP contribution in [0.3, 0.4) is 0 Å². The molecule has 0 amide bonds. The number of aliphatic imine (C=N–C) groups is 1. The summed E-state index contributed by atoms with van der Waals surface area (Å²) in [5.74, 6) is 0.562. The average Bonchev–Trinajstić information content (AvgIpc) is 2.34. The van der Waals surface area contributed by atoms with Gasteiger partial charge in [-0.2, -0.15) is 0 Å². The molecule has 0 bridgehead atoms. The molecule has 0 spiro atoms. The SMILES string of the molecule is COCC(C)NC(N)=NC1CC(N2CCCCC2)C1. The Morgan fingerprint density at radius 2 is 2.05 bits per heavy atom. The maximum absolute atomic E-state index is 5.91. The van der Waals surface area contributed by atoms with Gasteiger partial charge in [-0.05, 0) is 45.7 Å². The number of nitrogens with zero attached hydrogens (tertiary/aromatic N) is 2. The number of rotatable bonds is 5. The first-order valence-corrected chi connectivity index (χ1v) is 7.52. The van der Waals surface area contributed by atoms with Crippen molar-refractivity contribution in [2.24, 2.45) is 10.7 Å². The molecule has 2 aliphatic rings. The van der Waals surface area contributed by atoms with E-state index >= 15 is 0 Å². The van der Waals surface area contributed by atoms with E-state index in [1.165, 1.54) is 45.2 Å². The predicted molar refractivity (Wildman–Crippen MR) is 78.3 cm³/mol. The molecule has 1 saturated carbocycles.